The Balaban J connectivity index is 1.57. The van der Waals surface area contributed by atoms with E-state index in [2.05, 4.69) is 38.4 Å². The molecule has 1 aromatic carbocycles. The molecule has 1 saturated heterocycles. The van der Waals surface area contributed by atoms with E-state index in [9.17, 15) is 4.79 Å². The van der Waals surface area contributed by atoms with Gasteiger partial charge in [-0.25, -0.2) is 0 Å². The van der Waals surface area contributed by atoms with Gasteiger partial charge in [-0.2, -0.15) is 0 Å². The summed E-state index contributed by atoms with van der Waals surface area (Å²) in [7, 11) is 0. The lowest BCUT2D eigenvalue weighted by Gasteiger charge is -2.26. The van der Waals surface area contributed by atoms with Crippen LogP contribution in [0.5, 0.6) is 0 Å². The van der Waals surface area contributed by atoms with Gasteiger partial charge >= 0.3 is 0 Å². The van der Waals surface area contributed by atoms with Crippen molar-refractivity contribution < 1.29 is 9.53 Å². The van der Waals surface area contributed by atoms with Crippen molar-refractivity contribution in [1.82, 2.24) is 10.2 Å². The summed E-state index contributed by atoms with van der Waals surface area (Å²) in [6.07, 6.45) is 1.58. The molecule has 1 unspecified atom stereocenters. The van der Waals surface area contributed by atoms with Crippen molar-refractivity contribution in [3.05, 3.63) is 28.7 Å². The molecule has 1 heterocycles. The molecule has 0 aliphatic carbocycles. The van der Waals surface area contributed by atoms with Crippen LogP contribution in [0.1, 0.15) is 19.8 Å². The van der Waals surface area contributed by atoms with Gasteiger partial charge in [-0.1, -0.05) is 15.9 Å². The van der Waals surface area contributed by atoms with Gasteiger partial charge in [-0.3, -0.25) is 9.69 Å². The minimum Gasteiger partial charge on any atom is -0.379 e. The van der Waals surface area contributed by atoms with Crippen molar-refractivity contribution in [1.29, 1.82) is 0 Å². The van der Waals surface area contributed by atoms with Gasteiger partial charge < -0.3 is 15.4 Å². The van der Waals surface area contributed by atoms with Gasteiger partial charge in [0.25, 0.3) is 0 Å². The van der Waals surface area contributed by atoms with E-state index in [-0.39, 0.29) is 11.9 Å². The average molecular weight is 384 g/mol. The number of nitrogens with zero attached hydrogens (tertiary/aromatic N) is 1. The van der Waals surface area contributed by atoms with Crippen molar-refractivity contribution >= 4 is 27.5 Å². The van der Waals surface area contributed by atoms with Gasteiger partial charge in [0.05, 0.1) is 13.2 Å². The Bertz CT molecular complexity index is 475. The molecular formula is C17H26BrN3O2. The normalized spacial score (nSPS) is 17.0. The van der Waals surface area contributed by atoms with Crippen LogP contribution in [0.3, 0.4) is 0 Å². The lowest BCUT2D eigenvalue weighted by atomic mass is 10.2. The summed E-state index contributed by atoms with van der Waals surface area (Å²) in [5, 5.41) is 6.34. The van der Waals surface area contributed by atoms with Crippen molar-refractivity contribution in [3.63, 3.8) is 0 Å². The number of carbonyl (C=O) groups is 1. The van der Waals surface area contributed by atoms with E-state index in [0.717, 1.165) is 56.0 Å². The lowest BCUT2D eigenvalue weighted by molar-refractivity contribution is -0.116. The highest BCUT2D eigenvalue weighted by molar-refractivity contribution is 9.10. The second-order valence-corrected chi connectivity index (χ2v) is 6.84. The zero-order valence-corrected chi connectivity index (χ0v) is 15.3. The van der Waals surface area contributed by atoms with Crippen LogP contribution in [0.15, 0.2) is 28.7 Å². The summed E-state index contributed by atoms with van der Waals surface area (Å²) in [5.74, 6) is 0.0421. The highest BCUT2D eigenvalue weighted by atomic mass is 79.9. The molecule has 1 aromatic rings. The predicted molar refractivity (Wildman–Crippen MR) is 96.7 cm³/mol. The Morgan fingerprint density at radius 1 is 1.30 bits per heavy atom. The smallest absolute Gasteiger partial charge is 0.225 e. The first kappa shape index (κ1) is 18.4. The van der Waals surface area contributed by atoms with Crippen LogP contribution in [0, 0.1) is 0 Å². The first-order chi connectivity index (χ1) is 11.1. The number of hydrogen-bond acceptors (Lipinski definition) is 4. The van der Waals surface area contributed by atoms with Crippen LogP contribution >= 0.6 is 15.9 Å². The number of benzene rings is 1. The van der Waals surface area contributed by atoms with Crippen LogP contribution in [-0.2, 0) is 9.53 Å². The Hall–Kier alpha value is -0.950. The number of nitrogens with one attached hydrogen (secondary N) is 2. The number of anilines is 1. The first-order valence-corrected chi connectivity index (χ1v) is 9.01. The minimum atomic E-state index is 0.0421. The number of carbonyl (C=O) groups excluding carboxylic acids is 1. The van der Waals surface area contributed by atoms with Gasteiger partial charge in [0, 0.05) is 35.7 Å². The monoisotopic (exact) mass is 383 g/mol. The van der Waals surface area contributed by atoms with Crippen LogP contribution in [0.25, 0.3) is 0 Å². The molecule has 0 aromatic heterocycles. The number of ether oxygens (including phenoxy) is 1. The van der Waals surface area contributed by atoms with Gasteiger partial charge in [0.2, 0.25) is 5.91 Å². The highest BCUT2D eigenvalue weighted by Gasteiger charge is 2.11. The maximum absolute atomic E-state index is 12.0. The fraction of sp³-hybridized carbons (Fsp3) is 0.588. The summed E-state index contributed by atoms with van der Waals surface area (Å²) >= 11 is 3.38. The fourth-order valence-electron chi connectivity index (χ4n) is 2.57. The third-order valence-corrected chi connectivity index (χ3v) is 4.40. The Kier molecular flexibility index (Phi) is 8.02. The van der Waals surface area contributed by atoms with Crippen LogP contribution < -0.4 is 10.6 Å². The van der Waals surface area contributed by atoms with Gasteiger partial charge in [-0.15, -0.1) is 0 Å². The standard InChI is InChI=1S/C17H26BrN3O2/c1-14(19-7-2-8-21-9-11-23-12-10-21)13-17(22)20-16-5-3-15(18)4-6-16/h3-6,14,19H,2,7-13H2,1H3,(H,20,22). The fourth-order valence-corrected chi connectivity index (χ4v) is 2.84. The molecule has 5 nitrogen and oxygen atoms in total. The molecule has 23 heavy (non-hydrogen) atoms. The molecule has 2 N–H and O–H groups in total. The van der Waals surface area contributed by atoms with Crippen molar-refractivity contribution in [2.45, 2.75) is 25.8 Å². The predicted octanol–water partition coefficient (Wildman–Crippen LogP) is 2.48. The molecule has 1 atom stereocenters. The maximum atomic E-state index is 12.0. The van der Waals surface area contributed by atoms with E-state index in [0.29, 0.717) is 6.42 Å². The molecule has 1 aliphatic heterocycles. The number of rotatable bonds is 8. The van der Waals surface area contributed by atoms with Gasteiger partial charge in [0.15, 0.2) is 0 Å². The molecule has 1 aliphatic rings. The van der Waals surface area contributed by atoms with E-state index >= 15 is 0 Å². The molecule has 6 heteroatoms. The minimum absolute atomic E-state index is 0.0421. The molecule has 128 valence electrons. The van der Waals surface area contributed by atoms with Crippen LogP contribution in [0.2, 0.25) is 0 Å². The van der Waals surface area contributed by atoms with Crippen LogP contribution in [-0.4, -0.2) is 56.2 Å². The van der Waals surface area contributed by atoms with E-state index in [1.165, 1.54) is 0 Å². The summed E-state index contributed by atoms with van der Waals surface area (Å²) in [5.41, 5.74) is 0.831. The van der Waals surface area contributed by atoms with Crippen molar-refractivity contribution in [2.24, 2.45) is 0 Å². The number of amides is 1. The summed E-state index contributed by atoms with van der Waals surface area (Å²) in [6, 6.07) is 7.80. The lowest BCUT2D eigenvalue weighted by Crippen LogP contribution is -2.38. The zero-order chi connectivity index (χ0) is 16.5. The second kappa shape index (κ2) is 10.0. The molecule has 1 fully saturated rings. The molecule has 1 amide bonds. The molecular weight excluding hydrogens is 358 g/mol. The Morgan fingerprint density at radius 3 is 2.70 bits per heavy atom. The Morgan fingerprint density at radius 2 is 2.00 bits per heavy atom. The third kappa shape index (κ3) is 7.44. The summed E-state index contributed by atoms with van der Waals surface area (Å²) in [4.78, 5) is 14.4. The molecule has 0 saturated carbocycles. The van der Waals surface area contributed by atoms with Gasteiger partial charge in [-0.05, 0) is 50.7 Å². The highest BCUT2D eigenvalue weighted by Crippen LogP contribution is 2.14. The van der Waals surface area contributed by atoms with E-state index in [1.807, 2.05) is 24.3 Å². The number of morpholine rings is 1. The van der Waals surface area contributed by atoms with Crippen LogP contribution in [0.4, 0.5) is 5.69 Å². The first-order valence-electron chi connectivity index (χ1n) is 8.22. The Labute approximate surface area is 146 Å². The third-order valence-electron chi connectivity index (χ3n) is 3.87. The van der Waals surface area contributed by atoms with E-state index in [1.54, 1.807) is 0 Å². The second-order valence-electron chi connectivity index (χ2n) is 5.92. The topological polar surface area (TPSA) is 53.6 Å². The molecule has 0 bridgehead atoms. The molecule has 0 spiro atoms. The van der Waals surface area contributed by atoms with Gasteiger partial charge in [0.1, 0.15) is 0 Å². The zero-order valence-electron chi connectivity index (χ0n) is 13.7. The average Bonchev–Trinajstić information content (AvgIpc) is 2.55. The number of halogens is 1. The van der Waals surface area contributed by atoms with E-state index in [4.69, 9.17) is 4.74 Å². The van der Waals surface area contributed by atoms with Crippen molar-refractivity contribution in [3.8, 4) is 0 Å². The summed E-state index contributed by atoms with van der Waals surface area (Å²) < 4.78 is 6.34. The SMILES string of the molecule is CC(CC(=O)Nc1ccc(Br)cc1)NCCCN1CCOCC1. The molecule has 2 rings (SSSR count). The largest absolute Gasteiger partial charge is 0.379 e. The molecule has 0 radical (unpaired) electrons. The maximum Gasteiger partial charge on any atom is 0.225 e. The van der Waals surface area contributed by atoms with E-state index < -0.39 is 0 Å². The summed E-state index contributed by atoms with van der Waals surface area (Å²) in [6.45, 7) is 7.84. The number of hydrogen-bond donors (Lipinski definition) is 2. The van der Waals surface area contributed by atoms with Crippen molar-refractivity contribution in [2.75, 3.05) is 44.7 Å². The quantitative estimate of drug-likeness (QED) is 0.677.